The molecule has 6 rings (SSSR count). The second-order valence-corrected chi connectivity index (χ2v) is 14.1. The molecule has 0 aliphatic rings. The first-order valence-electron chi connectivity index (χ1n) is 17.9. The van der Waals surface area contributed by atoms with Crippen LogP contribution in [0.2, 0.25) is 10.0 Å². The average molecular weight is 772 g/mol. The molecular weight excluding hydrogens is 727 g/mol. The number of nitrogens with one attached hydrogen (secondary N) is 4. The van der Waals surface area contributed by atoms with Crippen LogP contribution >= 0.6 is 23.2 Å². The van der Waals surface area contributed by atoms with Crippen LogP contribution in [-0.2, 0) is 22.7 Å². The molecule has 0 fully saturated rings. The van der Waals surface area contributed by atoms with Crippen molar-refractivity contribution in [3.8, 4) is 33.4 Å². The molecule has 54 heavy (non-hydrogen) atoms. The molecule has 0 unspecified atom stereocenters. The number of nitrogens with zero attached hydrogens (tertiary/aromatic N) is 4. The van der Waals surface area contributed by atoms with E-state index in [1.54, 1.807) is 9.13 Å². The second kappa shape index (κ2) is 16.9. The molecule has 0 bridgehead atoms. The zero-order chi connectivity index (χ0) is 38.5. The summed E-state index contributed by atoms with van der Waals surface area (Å²) in [4.78, 5) is 49.4. The van der Waals surface area contributed by atoms with Gasteiger partial charge in [-0.25, -0.2) is 0 Å². The molecule has 0 atom stereocenters. The van der Waals surface area contributed by atoms with Crippen LogP contribution in [0.4, 0.5) is 0 Å². The number of rotatable bonds is 15. The number of hydrogen-bond donors (Lipinski definition) is 4. The minimum Gasteiger partial charge on any atom is -0.355 e. The highest BCUT2D eigenvalue weighted by atomic mass is 35.5. The largest absolute Gasteiger partial charge is 0.355 e. The highest BCUT2D eigenvalue weighted by Gasteiger charge is 2.19. The number of halogens is 2. The van der Waals surface area contributed by atoms with Crippen LogP contribution in [0, 0.1) is 13.8 Å². The van der Waals surface area contributed by atoms with Crippen molar-refractivity contribution >= 4 is 46.0 Å². The summed E-state index contributed by atoms with van der Waals surface area (Å²) in [5.74, 6) is -0.151. The van der Waals surface area contributed by atoms with Crippen molar-refractivity contribution in [1.29, 1.82) is 0 Å². The van der Waals surface area contributed by atoms with Gasteiger partial charge >= 0.3 is 0 Å². The van der Waals surface area contributed by atoms with E-state index in [0.29, 0.717) is 73.4 Å². The van der Waals surface area contributed by atoms with Crippen LogP contribution in [0.5, 0.6) is 0 Å². The Hall–Kier alpha value is -5.14. The van der Waals surface area contributed by atoms with E-state index < -0.39 is 0 Å². The van der Waals surface area contributed by atoms with Crippen molar-refractivity contribution in [1.82, 2.24) is 39.2 Å². The molecule has 4 heterocycles. The molecule has 12 nitrogen and oxygen atoms in total. The van der Waals surface area contributed by atoms with Crippen LogP contribution in [0.3, 0.4) is 0 Å². The molecule has 6 aromatic rings. The van der Waals surface area contributed by atoms with Crippen LogP contribution in [0.15, 0.2) is 82.9 Å². The summed E-state index contributed by atoms with van der Waals surface area (Å²) in [5.41, 5.74) is 7.09. The zero-order valence-electron chi connectivity index (χ0n) is 30.8. The number of carbonyl (C=O) groups is 2. The highest BCUT2D eigenvalue weighted by molar-refractivity contribution is 6.39. The summed E-state index contributed by atoms with van der Waals surface area (Å²) in [6.45, 7) is 11.2. The third-order valence-electron chi connectivity index (χ3n) is 9.41. The quantitative estimate of drug-likeness (QED) is 0.110. The fraction of sp³-hybridized carbons (Fsp3) is 0.300. The van der Waals surface area contributed by atoms with E-state index in [2.05, 4.69) is 21.3 Å². The fourth-order valence-electron chi connectivity index (χ4n) is 6.72. The van der Waals surface area contributed by atoms with E-state index in [1.807, 2.05) is 96.0 Å². The van der Waals surface area contributed by atoms with Gasteiger partial charge in [0, 0.05) is 136 Å². The maximum Gasteiger partial charge on any atom is 0.275 e. The number of amides is 2. The van der Waals surface area contributed by atoms with Crippen molar-refractivity contribution in [2.45, 2.75) is 40.8 Å². The molecule has 4 N–H and O–H groups in total. The number of aryl methyl sites for hydroxylation is 2. The monoisotopic (exact) mass is 770 g/mol. The molecule has 0 aliphatic carbocycles. The lowest BCUT2D eigenvalue weighted by Gasteiger charge is -2.13. The summed E-state index contributed by atoms with van der Waals surface area (Å²) in [6, 6.07) is 15.2. The Bertz CT molecular complexity index is 2310. The van der Waals surface area contributed by atoms with Gasteiger partial charge in [-0.1, -0.05) is 59.6 Å². The number of carbonyl (C=O) groups excluding carboxylic acids is 2. The van der Waals surface area contributed by atoms with Gasteiger partial charge in [0.1, 0.15) is 11.0 Å². The van der Waals surface area contributed by atoms with Crippen LogP contribution in [0.1, 0.15) is 25.2 Å². The Morgan fingerprint density at radius 1 is 0.574 bits per heavy atom. The first-order chi connectivity index (χ1) is 25.9. The van der Waals surface area contributed by atoms with Crippen LogP contribution in [0.25, 0.3) is 44.4 Å². The molecule has 2 amide bonds. The Morgan fingerprint density at radius 2 is 0.963 bits per heavy atom. The Labute approximate surface area is 322 Å². The normalized spacial score (nSPS) is 11.4. The van der Waals surface area contributed by atoms with Gasteiger partial charge in [0.2, 0.25) is 11.8 Å². The van der Waals surface area contributed by atoms with E-state index in [-0.39, 0.29) is 22.9 Å². The molecule has 4 aromatic heterocycles. The number of fused-ring (bicyclic) bond motifs is 2. The van der Waals surface area contributed by atoms with Gasteiger partial charge in [-0.05, 0) is 26.0 Å². The summed E-state index contributed by atoms with van der Waals surface area (Å²) in [5, 5.41) is 13.0. The predicted molar refractivity (Wildman–Crippen MR) is 216 cm³/mol. The molecule has 0 saturated carbocycles. The predicted octanol–water partition coefficient (Wildman–Crippen LogP) is 4.89. The number of hydrogen-bond acceptors (Lipinski definition) is 6. The standard InChI is InChI=1S/C40H44Cl2N8O4/c1-25-21-47-23-29(19-35(47)39(53)49(25)17-15-43-11-13-45-27(3)51)31-7-5-9-33(37(31)41)34-10-6-8-32(38(34)42)30-20-36-40(54)50(26(2)22-48(36)24-30)18-16-44-12-14-46-28(4)52/h5-10,19-24,43-44H,11-18H2,1-4H3,(H,45,51)(H,46,52). The topological polar surface area (TPSA) is 135 Å². The third-order valence-corrected chi connectivity index (χ3v) is 10.2. The first kappa shape index (κ1) is 38.6. The average Bonchev–Trinajstić information content (AvgIpc) is 3.75. The zero-order valence-corrected chi connectivity index (χ0v) is 32.3. The van der Waals surface area contributed by atoms with E-state index in [0.717, 1.165) is 44.8 Å². The smallest absolute Gasteiger partial charge is 0.275 e. The minimum atomic E-state index is -0.106. The summed E-state index contributed by atoms with van der Waals surface area (Å²) < 4.78 is 7.15. The van der Waals surface area contributed by atoms with Crippen molar-refractivity contribution in [2.24, 2.45) is 0 Å². The molecule has 0 aliphatic heterocycles. The lowest BCUT2D eigenvalue weighted by molar-refractivity contribution is -0.119. The molecular formula is C40H44Cl2N8O4. The van der Waals surface area contributed by atoms with E-state index in [9.17, 15) is 19.2 Å². The number of benzene rings is 2. The van der Waals surface area contributed by atoms with E-state index in [1.165, 1.54) is 13.8 Å². The molecule has 282 valence electrons. The first-order valence-corrected chi connectivity index (χ1v) is 18.6. The minimum absolute atomic E-state index is 0.0753. The summed E-state index contributed by atoms with van der Waals surface area (Å²) >= 11 is 14.3. The third kappa shape index (κ3) is 8.32. The lowest BCUT2D eigenvalue weighted by Crippen LogP contribution is -2.34. The molecule has 0 radical (unpaired) electrons. The van der Waals surface area contributed by atoms with Gasteiger partial charge < -0.3 is 39.2 Å². The fourth-order valence-corrected chi connectivity index (χ4v) is 7.39. The van der Waals surface area contributed by atoms with E-state index in [4.69, 9.17) is 23.2 Å². The maximum absolute atomic E-state index is 13.6. The number of aromatic nitrogens is 4. The lowest BCUT2D eigenvalue weighted by atomic mass is 9.97. The SMILES string of the molecule is CC(=O)NCCNCCn1c(C)cn2cc(-c3cccc(-c4cccc(-c5cc6c(=O)n(CCNCCNC(C)=O)c(C)cn6c5)c4Cl)c3Cl)cc2c1=O. The maximum atomic E-state index is 13.6. The van der Waals surface area contributed by atoms with Gasteiger partial charge in [0.15, 0.2) is 0 Å². The highest BCUT2D eigenvalue weighted by Crippen LogP contribution is 2.42. The van der Waals surface area contributed by atoms with Gasteiger partial charge in [-0.3, -0.25) is 19.2 Å². The van der Waals surface area contributed by atoms with E-state index >= 15 is 0 Å². The second-order valence-electron chi connectivity index (χ2n) is 13.3. The van der Waals surface area contributed by atoms with Crippen molar-refractivity contribution < 1.29 is 9.59 Å². The Kier molecular flexibility index (Phi) is 12.1. The Balaban J connectivity index is 1.25. The van der Waals surface area contributed by atoms with Crippen molar-refractivity contribution in [3.05, 3.63) is 115 Å². The van der Waals surface area contributed by atoms with Crippen molar-refractivity contribution in [3.63, 3.8) is 0 Å². The van der Waals surface area contributed by atoms with Gasteiger partial charge in [0.05, 0.1) is 10.0 Å². The van der Waals surface area contributed by atoms with Gasteiger partial charge in [-0.15, -0.1) is 0 Å². The molecule has 2 aromatic carbocycles. The van der Waals surface area contributed by atoms with Crippen molar-refractivity contribution in [2.75, 3.05) is 39.3 Å². The Morgan fingerprint density at radius 3 is 1.35 bits per heavy atom. The molecule has 0 saturated heterocycles. The van der Waals surface area contributed by atoms with Crippen LogP contribution in [-0.4, -0.2) is 69.0 Å². The molecule has 14 heteroatoms. The van der Waals surface area contributed by atoms with Crippen LogP contribution < -0.4 is 32.4 Å². The van der Waals surface area contributed by atoms with Gasteiger partial charge in [0.25, 0.3) is 11.1 Å². The summed E-state index contributed by atoms with van der Waals surface area (Å²) in [6.07, 6.45) is 7.68. The molecule has 0 spiro atoms. The summed E-state index contributed by atoms with van der Waals surface area (Å²) in [7, 11) is 0. The van der Waals surface area contributed by atoms with Gasteiger partial charge in [-0.2, -0.15) is 0 Å².